The van der Waals surface area contributed by atoms with E-state index >= 15 is 0 Å². The van der Waals surface area contributed by atoms with Crippen LogP contribution >= 0.6 is 0 Å². The normalized spacial score (nSPS) is 12.1. The number of fused-ring (bicyclic) bond motifs is 1. The van der Waals surface area contributed by atoms with Crippen molar-refractivity contribution in [1.29, 1.82) is 0 Å². The third-order valence-corrected chi connectivity index (χ3v) is 3.57. The molecule has 0 bridgehead atoms. The minimum Gasteiger partial charge on any atom is -0.494 e. The summed E-state index contributed by atoms with van der Waals surface area (Å²) in [5.41, 5.74) is 2.48. The highest BCUT2D eigenvalue weighted by Gasteiger charge is 2.22. The molecule has 2 aromatic rings. The van der Waals surface area contributed by atoms with Gasteiger partial charge >= 0.3 is 0 Å². The number of aromatic nitrogens is 1. The molecule has 0 radical (unpaired) electrons. The first-order chi connectivity index (χ1) is 8.49. The Hall–Kier alpha value is -1.48. The molecule has 0 aliphatic carbocycles. The van der Waals surface area contributed by atoms with Crippen molar-refractivity contribution < 1.29 is 4.74 Å². The van der Waals surface area contributed by atoms with Crippen LogP contribution in [0.2, 0.25) is 0 Å². The molecule has 1 N–H and O–H groups in total. The van der Waals surface area contributed by atoms with E-state index in [4.69, 9.17) is 4.74 Å². The zero-order valence-corrected chi connectivity index (χ0v) is 11.9. The molecule has 3 nitrogen and oxygen atoms in total. The monoisotopic (exact) mass is 246 g/mol. The summed E-state index contributed by atoms with van der Waals surface area (Å²) in [5.74, 6) is 0.935. The Morgan fingerprint density at radius 1 is 1.33 bits per heavy atom. The maximum absolute atomic E-state index is 5.59. The number of nitrogens with one attached hydrogen (secondary N) is 1. The fourth-order valence-electron chi connectivity index (χ4n) is 2.26. The molecule has 1 aromatic carbocycles. The first kappa shape index (κ1) is 13.0. The average molecular weight is 246 g/mol. The van der Waals surface area contributed by atoms with Crippen LogP contribution in [0.1, 0.15) is 26.3 Å². The summed E-state index contributed by atoms with van der Waals surface area (Å²) < 4.78 is 7.76. The predicted octanol–water partition coefficient (Wildman–Crippen LogP) is 3.03. The molecule has 0 aliphatic rings. The minimum absolute atomic E-state index is 0.0512. The summed E-state index contributed by atoms with van der Waals surface area (Å²) in [6.07, 6.45) is 2.19. The van der Waals surface area contributed by atoms with Gasteiger partial charge in [0.2, 0.25) is 0 Å². The van der Waals surface area contributed by atoms with E-state index in [0.29, 0.717) is 6.61 Å². The van der Waals surface area contributed by atoms with Crippen molar-refractivity contribution in [1.82, 2.24) is 9.88 Å². The third kappa shape index (κ3) is 2.10. The largest absolute Gasteiger partial charge is 0.494 e. The van der Waals surface area contributed by atoms with Crippen LogP contribution in [0.5, 0.6) is 5.75 Å². The standard InChI is InChI=1S/C15H22N2O/c1-6-18-11-7-8-14-12(9-11)13(10-17(14)5)15(2,3)16-4/h7-10,16H,6H2,1-5H3. The summed E-state index contributed by atoms with van der Waals surface area (Å²) in [6, 6.07) is 6.28. The van der Waals surface area contributed by atoms with E-state index in [9.17, 15) is 0 Å². The molecule has 0 spiro atoms. The topological polar surface area (TPSA) is 26.2 Å². The first-order valence-corrected chi connectivity index (χ1v) is 6.41. The number of ether oxygens (including phenoxy) is 1. The minimum atomic E-state index is -0.0512. The summed E-state index contributed by atoms with van der Waals surface area (Å²) in [6.45, 7) is 7.08. The van der Waals surface area contributed by atoms with Gasteiger partial charge in [-0.05, 0) is 51.6 Å². The molecule has 18 heavy (non-hydrogen) atoms. The lowest BCUT2D eigenvalue weighted by atomic mass is 9.94. The van der Waals surface area contributed by atoms with E-state index in [-0.39, 0.29) is 5.54 Å². The fourth-order valence-corrected chi connectivity index (χ4v) is 2.26. The molecule has 0 amide bonds. The highest BCUT2D eigenvalue weighted by molar-refractivity contribution is 5.86. The number of hydrogen-bond acceptors (Lipinski definition) is 2. The molecule has 1 heterocycles. The Balaban J connectivity index is 2.63. The maximum atomic E-state index is 5.59. The molecule has 1 aromatic heterocycles. The van der Waals surface area contributed by atoms with Gasteiger partial charge in [-0.3, -0.25) is 0 Å². The summed E-state index contributed by atoms with van der Waals surface area (Å²) in [5, 5.41) is 4.61. The number of benzene rings is 1. The van der Waals surface area contributed by atoms with Crippen LogP contribution in [0, 0.1) is 0 Å². The van der Waals surface area contributed by atoms with Crippen LogP contribution in [-0.4, -0.2) is 18.2 Å². The smallest absolute Gasteiger partial charge is 0.120 e. The molecule has 2 rings (SSSR count). The van der Waals surface area contributed by atoms with Gasteiger partial charge in [0.1, 0.15) is 5.75 Å². The van der Waals surface area contributed by atoms with Crippen molar-refractivity contribution in [3.8, 4) is 5.75 Å². The number of hydrogen-bond donors (Lipinski definition) is 1. The highest BCUT2D eigenvalue weighted by Crippen LogP contribution is 2.32. The van der Waals surface area contributed by atoms with E-state index in [1.165, 1.54) is 16.5 Å². The van der Waals surface area contributed by atoms with E-state index in [0.717, 1.165) is 5.75 Å². The van der Waals surface area contributed by atoms with Crippen molar-refractivity contribution >= 4 is 10.9 Å². The van der Waals surface area contributed by atoms with Gasteiger partial charge in [0.05, 0.1) is 6.61 Å². The average Bonchev–Trinajstić information content (AvgIpc) is 2.68. The van der Waals surface area contributed by atoms with Crippen LogP contribution in [0.4, 0.5) is 0 Å². The van der Waals surface area contributed by atoms with Crippen molar-refractivity contribution in [3.63, 3.8) is 0 Å². The summed E-state index contributed by atoms with van der Waals surface area (Å²) in [7, 11) is 4.07. The second-order valence-corrected chi connectivity index (χ2v) is 5.14. The van der Waals surface area contributed by atoms with Crippen LogP contribution in [0.25, 0.3) is 10.9 Å². The van der Waals surface area contributed by atoms with Crippen LogP contribution in [0.15, 0.2) is 24.4 Å². The van der Waals surface area contributed by atoms with Crippen molar-refractivity contribution in [2.45, 2.75) is 26.3 Å². The molecule has 0 saturated heterocycles. The van der Waals surface area contributed by atoms with E-state index in [1.807, 2.05) is 20.0 Å². The molecule has 0 saturated carbocycles. The van der Waals surface area contributed by atoms with Gasteiger partial charge in [0.25, 0.3) is 0 Å². The molecule has 98 valence electrons. The van der Waals surface area contributed by atoms with Gasteiger partial charge in [0.15, 0.2) is 0 Å². The Morgan fingerprint density at radius 2 is 2.06 bits per heavy atom. The number of rotatable bonds is 4. The maximum Gasteiger partial charge on any atom is 0.120 e. The van der Waals surface area contributed by atoms with Gasteiger partial charge in [-0.25, -0.2) is 0 Å². The quantitative estimate of drug-likeness (QED) is 0.897. The second-order valence-electron chi connectivity index (χ2n) is 5.14. The van der Waals surface area contributed by atoms with Crippen molar-refractivity contribution in [2.75, 3.05) is 13.7 Å². The SMILES string of the molecule is CCOc1ccc2c(c1)c(C(C)(C)NC)cn2C. The molecule has 0 fully saturated rings. The lowest BCUT2D eigenvalue weighted by Crippen LogP contribution is -2.32. The van der Waals surface area contributed by atoms with Gasteiger partial charge in [-0.2, -0.15) is 0 Å². The molecular formula is C15H22N2O. The highest BCUT2D eigenvalue weighted by atomic mass is 16.5. The Kier molecular flexibility index (Phi) is 3.35. The Morgan fingerprint density at radius 3 is 2.67 bits per heavy atom. The van der Waals surface area contributed by atoms with Gasteiger partial charge in [-0.1, -0.05) is 0 Å². The van der Waals surface area contributed by atoms with Crippen molar-refractivity contribution in [2.24, 2.45) is 7.05 Å². The Bertz CT molecular complexity index is 555. The third-order valence-electron chi connectivity index (χ3n) is 3.57. The van der Waals surface area contributed by atoms with Crippen molar-refractivity contribution in [3.05, 3.63) is 30.0 Å². The van der Waals surface area contributed by atoms with Gasteiger partial charge in [-0.15, -0.1) is 0 Å². The number of aryl methyl sites for hydroxylation is 1. The van der Waals surface area contributed by atoms with E-state index in [2.05, 4.69) is 49.1 Å². The lowest BCUT2D eigenvalue weighted by Gasteiger charge is -2.23. The lowest BCUT2D eigenvalue weighted by molar-refractivity contribution is 0.340. The molecule has 0 atom stereocenters. The van der Waals surface area contributed by atoms with E-state index < -0.39 is 0 Å². The first-order valence-electron chi connectivity index (χ1n) is 6.41. The fraction of sp³-hybridized carbons (Fsp3) is 0.467. The van der Waals surface area contributed by atoms with Gasteiger partial charge < -0.3 is 14.6 Å². The zero-order valence-electron chi connectivity index (χ0n) is 11.9. The van der Waals surface area contributed by atoms with Gasteiger partial charge in [0, 0.05) is 29.7 Å². The van der Waals surface area contributed by atoms with Crippen LogP contribution in [0.3, 0.4) is 0 Å². The second kappa shape index (κ2) is 4.65. The van der Waals surface area contributed by atoms with Crippen LogP contribution in [-0.2, 0) is 12.6 Å². The van der Waals surface area contributed by atoms with E-state index in [1.54, 1.807) is 0 Å². The van der Waals surface area contributed by atoms with Crippen LogP contribution < -0.4 is 10.1 Å². The molecule has 0 aliphatic heterocycles. The molecule has 3 heteroatoms. The zero-order chi connectivity index (χ0) is 13.3. The predicted molar refractivity (Wildman–Crippen MR) is 76.2 cm³/mol. The summed E-state index contributed by atoms with van der Waals surface area (Å²) in [4.78, 5) is 0. The number of nitrogens with zero attached hydrogens (tertiary/aromatic N) is 1. The Labute approximate surface area is 109 Å². The summed E-state index contributed by atoms with van der Waals surface area (Å²) >= 11 is 0. The molecule has 0 unspecified atom stereocenters. The molecular weight excluding hydrogens is 224 g/mol.